The van der Waals surface area contributed by atoms with Crippen LogP contribution in [0, 0.1) is 11.6 Å². The van der Waals surface area contributed by atoms with Crippen LogP contribution in [-0.2, 0) is 17.2 Å². The Morgan fingerprint density at radius 1 is 0.920 bits per heavy atom. The highest BCUT2D eigenvalue weighted by molar-refractivity contribution is 7.85. The Hall–Kier alpha value is -1.30. The van der Waals surface area contributed by atoms with E-state index in [9.17, 15) is 13.0 Å². The average molecular weight is 386 g/mol. The number of rotatable bonds is 5. The molecule has 0 aliphatic carbocycles. The van der Waals surface area contributed by atoms with Crippen LogP contribution in [0.2, 0.25) is 0 Å². The molecule has 3 rings (SSSR count). The average Bonchev–Trinajstić information content (AvgIpc) is 2.62. The summed E-state index contributed by atoms with van der Waals surface area (Å²) >= 11 is 0. The van der Waals surface area contributed by atoms with Crippen molar-refractivity contribution in [3.8, 4) is 0 Å². The molecule has 2 aromatic rings. The molecular weight excluding hydrogens is 364 g/mol. The van der Waals surface area contributed by atoms with Gasteiger partial charge in [-0.1, -0.05) is 12.1 Å². The van der Waals surface area contributed by atoms with Crippen molar-refractivity contribution >= 4 is 23.2 Å². The summed E-state index contributed by atoms with van der Waals surface area (Å²) < 4.78 is 38.4. The molecule has 1 aliphatic heterocycles. The van der Waals surface area contributed by atoms with Crippen molar-refractivity contribution in [1.82, 2.24) is 4.90 Å². The minimum atomic E-state index is -1.07. The van der Waals surface area contributed by atoms with Gasteiger partial charge in [0.05, 0.1) is 10.8 Å². The lowest BCUT2D eigenvalue weighted by atomic mass is 10.1. The standard InChI is InChI=1S/C19H21F2NOS.ClH/c20-16-3-1-15(2-4-16)9-12-22-13-10-19(11-14-22)24(23)18-7-5-17(21)6-8-18;/h1-8,19H,9-14H2;1H. The maximum absolute atomic E-state index is 13.0. The molecule has 2 aromatic carbocycles. The fraction of sp³-hybridized carbons (Fsp3) is 0.368. The molecule has 0 bridgehead atoms. The molecule has 1 unspecified atom stereocenters. The van der Waals surface area contributed by atoms with Gasteiger partial charge in [-0.15, -0.1) is 12.4 Å². The lowest BCUT2D eigenvalue weighted by molar-refractivity contribution is 0.234. The highest BCUT2D eigenvalue weighted by atomic mass is 35.5. The summed E-state index contributed by atoms with van der Waals surface area (Å²) in [6.07, 6.45) is 2.66. The molecule has 1 aliphatic rings. The fourth-order valence-electron chi connectivity index (χ4n) is 3.05. The lowest BCUT2D eigenvalue weighted by Crippen LogP contribution is -2.38. The topological polar surface area (TPSA) is 20.3 Å². The molecule has 1 saturated heterocycles. The summed E-state index contributed by atoms with van der Waals surface area (Å²) in [5, 5.41) is 0.137. The molecule has 25 heavy (non-hydrogen) atoms. The van der Waals surface area contributed by atoms with Crippen molar-refractivity contribution in [3.63, 3.8) is 0 Å². The number of hydrogen-bond acceptors (Lipinski definition) is 2. The van der Waals surface area contributed by atoms with E-state index >= 15 is 0 Å². The second kappa shape index (κ2) is 9.41. The largest absolute Gasteiger partial charge is 0.303 e. The summed E-state index contributed by atoms with van der Waals surface area (Å²) in [6, 6.07) is 12.6. The molecule has 136 valence electrons. The van der Waals surface area contributed by atoms with Crippen LogP contribution in [0.3, 0.4) is 0 Å². The molecule has 0 radical (unpaired) electrons. The highest BCUT2D eigenvalue weighted by Gasteiger charge is 2.24. The lowest BCUT2D eigenvalue weighted by Gasteiger charge is -2.31. The van der Waals surface area contributed by atoms with Gasteiger partial charge < -0.3 is 4.90 Å². The molecule has 0 N–H and O–H groups in total. The minimum Gasteiger partial charge on any atom is -0.303 e. The second-order valence-electron chi connectivity index (χ2n) is 6.17. The van der Waals surface area contributed by atoms with Crippen LogP contribution in [0.15, 0.2) is 53.4 Å². The summed E-state index contributed by atoms with van der Waals surface area (Å²) in [7, 11) is -1.07. The molecule has 1 atom stereocenters. The van der Waals surface area contributed by atoms with E-state index < -0.39 is 10.8 Å². The Bertz CT molecular complexity index is 686. The SMILES string of the molecule is Cl.O=S(c1ccc(F)cc1)C1CCN(CCc2ccc(F)cc2)CC1. The van der Waals surface area contributed by atoms with Crippen LogP contribution in [0.4, 0.5) is 8.78 Å². The van der Waals surface area contributed by atoms with E-state index in [1.54, 1.807) is 12.1 Å². The first-order chi connectivity index (χ1) is 11.6. The molecule has 0 amide bonds. The summed E-state index contributed by atoms with van der Waals surface area (Å²) in [5.74, 6) is -0.505. The van der Waals surface area contributed by atoms with Gasteiger partial charge in [0, 0.05) is 16.7 Å². The predicted octanol–water partition coefficient (Wildman–Crippen LogP) is 4.20. The maximum Gasteiger partial charge on any atom is 0.123 e. The molecule has 0 spiro atoms. The summed E-state index contributed by atoms with van der Waals surface area (Å²) in [4.78, 5) is 3.07. The van der Waals surface area contributed by atoms with E-state index in [2.05, 4.69) is 4.90 Å². The van der Waals surface area contributed by atoms with E-state index in [1.807, 2.05) is 12.1 Å². The molecule has 2 nitrogen and oxygen atoms in total. The number of nitrogens with zero attached hydrogens (tertiary/aromatic N) is 1. The number of halogens is 3. The summed E-state index contributed by atoms with van der Waals surface area (Å²) in [5.41, 5.74) is 1.13. The number of benzene rings is 2. The normalized spacial score (nSPS) is 17.0. The van der Waals surface area contributed by atoms with Crippen LogP contribution in [-0.4, -0.2) is 34.0 Å². The quantitative estimate of drug-likeness (QED) is 0.768. The van der Waals surface area contributed by atoms with Crippen molar-refractivity contribution in [2.75, 3.05) is 19.6 Å². The third kappa shape index (κ3) is 5.59. The number of hydrogen-bond donors (Lipinski definition) is 0. The molecule has 0 aromatic heterocycles. The van der Waals surface area contributed by atoms with Gasteiger partial charge in [0.25, 0.3) is 0 Å². The first-order valence-corrected chi connectivity index (χ1v) is 9.46. The zero-order valence-electron chi connectivity index (χ0n) is 13.9. The van der Waals surface area contributed by atoms with E-state index in [4.69, 9.17) is 0 Å². The summed E-state index contributed by atoms with van der Waals surface area (Å²) in [6.45, 7) is 2.76. The van der Waals surface area contributed by atoms with Crippen LogP contribution in [0.1, 0.15) is 18.4 Å². The highest BCUT2D eigenvalue weighted by Crippen LogP contribution is 2.21. The van der Waals surface area contributed by atoms with Crippen molar-refractivity contribution in [2.24, 2.45) is 0 Å². The van der Waals surface area contributed by atoms with Crippen LogP contribution < -0.4 is 0 Å². The molecule has 6 heteroatoms. The Balaban J connectivity index is 0.00000225. The fourth-order valence-corrected chi connectivity index (χ4v) is 4.47. The first-order valence-electron chi connectivity index (χ1n) is 8.25. The Kier molecular flexibility index (Phi) is 7.54. The van der Waals surface area contributed by atoms with E-state index in [0.717, 1.165) is 44.5 Å². The van der Waals surface area contributed by atoms with Gasteiger partial charge in [-0.25, -0.2) is 8.78 Å². The van der Waals surface area contributed by atoms with Crippen LogP contribution in [0.5, 0.6) is 0 Å². The third-order valence-corrected chi connectivity index (χ3v) is 6.33. The van der Waals surface area contributed by atoms with E-state index in [0.29, 0.717) is 4.90 Å². The molecular formula is C19H22ClF2NOS. The van der Waals surface area contributed by atoms with Crippen molar-refractivity contribution in [1.29, 1.82) is 0 Å². The van der Waals surface area contributed by atoms with Crippen LogP contribution >= 0.6 is 12.4 Å². The van der Waals surface area contributed by atoms with Crippen molar-refractivity contribution < 1.29 is 13.0 Å². The van der Waals surface area contributed by atoms with Gasteiger partial charge in [0.2, 0.25) is 0 Å². The molecule has 1 heterocycles. The minimum absolute atomic E-state index is 0. The van der Waals surface area contributed by atoms with Gasteiger partial charge in [-0.2, -0.15) is 0 Å². The van der Waals surface area contributed by atoms with Crippen molar-refractivity contribution in [2.45, 2.75) is 29.4 Å². The van der Waals surface area contributed by atoms with Gasteiger partial charge in [-0.3, -0.25) is 4.21 Å². The van der Waals surface area contributed by atoms with E-state index in [1.165, 1.54) is 24.3 Å². The van der Waals surface area contributed by atoms with Gasteiger partial charge in [0.1, 0.15) is 11.6 Å². The Morgan fingerprint density at radius 3 is 2.00 bits per heavy atom. The van der Waals surface area contributed by atoms with Crippen molar-refractivity contribution in [3.05, 3.63) is 65.7 Å². The number of likely N-dealkylation sites (tertiary alicyclic amines) is 1. The zero-order chi connectivity index (χ0) is 16.9. The van der Waals surface area contributed by atoms with E-state index in [-0.39, 0.29) is 29.3 Å². The number of piperidine rings is 1. The Labute approximate surface area is 156 Å². The van der Waals surface area contributed by atoms with Crippen LogP contribution in [0.25, 0.3) is 0 Å². The molecule has 1 fully saturated rings. The Morgan fingerprint density at radius 2 is 1.44 bits per heavy atom. The van der Waals surface area contributed by atoms with Gasteiger partial charge >= 0.3 is 0 Å². The van der Waals surface area contributed by atoms with Gasteiger partial charge in [0.15, 0.2) is 0 Å². The smallest absolute Gasteiger partial charge is 0.123 e. The van der Waals surface area contributed by atoms with Gasteiger partial charge in [-0.05, 0) is 74.3 Å². The predicted molar refractivity (Wildman–Crippen MR) is 99.6 cm³/mol. The first kappa shape index (κ1) is 20.0. The zero-order valence-corrected chi connectivity index (χ0v) is 15.5. The monoisotopic (exact) mass is 385 g/mol. The second-order valence-corrected chi connectivity index (χ2v) is 7.90. The maximum atomic E-state index is 13.0. The third-order valence-electron chi connectivity index (χ3n) is 4.51. The molecule has 0 saturated carbocycles.